The lowest BCUT2D eigenvalue weighted by atomic mass is 10.0. The van der Waals surface area contributed by atoms with Crippen LogP contribution in [0, 0.1) is 0 Å². The fourth-order valence-corrected chi connectivity index (χ4v) is 4.28. The third kappa shape index (κ3) is 3.08. The van der Waals surface area contributed by atoms with Gasteiger partial charge < -0.3 is 9.88 Å². The lowest BCUT2D eigenvalue weighted by Crippen LogP contribution is -2.17. The van der Waals surface area contributed by atoms with E-state index in [0.29, 0.717) is 6.42 Å². The van der Waals surface area contributed by atoms with Gasteiger partial charge in [-0.05, 0) is 75.2 Å². The summed E-state index contributed by atoms with van der Waals surface area (Å²) in [6, 6.07) is 10.1. The van der Waals surface area contributed by atoms with Crippen LogP contribution in [0.5, 0.6) is 0 Å². The van der Waals surface area contributed by atoms with Crippen molar-refractivity contribution in [1.82, 2.24) is 9.88 Å². The number of benzene rings is 2. The van der Waals surface area contributed by atoms with Crippen LogP contribution < -0.4 is 5.32 Å². The van der Waals surface area contributed by atoms with Crippen molar-refractivity contribution in [2.24, 2.45) is 0 Å². The highest BCUT2D eigenvalue weighted by Crippen LogP contribution is 2.37. The van der Waals surface area contributed by atoms with Gasteiger partial charge in [0.05, 0.1) is 0 Å². The van der Waals surface area contributed by atoms with Crippen LogP contribution in [0.4, 0.5) is 0 Å². The summed E-state index contributed by atoms with van der Waals surface area (Å²) >= 11 is 0. The third-order valence-corrected chi connectivity index (χ3v) is 5.61. The number of hydrogen-bond acceptors (Lipinski definition) is 3. The average Bonchev–Trinajstić information content (AvgIpc) is 3.19. The second-order valence-electron chi connectivity index (χ2n) is 7.45. The number of carbonyl (C=O) groups excluding carboxylic acids is 2. The van der Waals surface area contributed by atoms with E-state index in [1.165, 1.54) is 5.52 Å². The zero-order valence-corrected chi connectivity index (χ0v) is 16.1. The van der Waals surface area contributed by atoms with E-state index in [2.05, 4.69) is 28.9 Å². The first-order valence-corrected chi connectivity index (χ1v) is 9.94. The monoisotopic (exact) mass is 362 g/mol. The van der Waals surface area contributed by atoms with Crippen LogP contribution >= 0.6 is 0 Å². The number of aromatic nitrogens is 1. The van der Waals surface area contributed by atoms with E-state index in [0.717, 1.165) is 71.9 Å². The third-order valence-electron chi connectivity index (χ3n) is 5.61. The second kappa shape index (κ2) is 7.28. The van der Waals surface area contributed by atoms with E-state index in [9.17, 15) is 9.59 Å². The number of nitrogens with zero attached hydrogens (tertiary/aromatic N) is 1. The first-order valence-electron chi connectivity index (χ1n) is 9.94. The predicted octanol–water partition coefficient (Wildman–Crippen LogP) is 4.52. The van der Waals surface area contributed by atoms with Crippen molar-refractivity contribution in [3.05, 3.63) is 47.0 Å². The molecule has 1 aliphatic rings. The average molecular weight is 362 g/mol. The molecule has 0 bridgehead atoms. The molecule has 4 nitrogen and oxygen atoms in total. The van der Waals surface area contributed by atoms with Gasteiger partial charge >= 0.3 is 0 Å². The molecule has 1 aliphatic carbocycles. The molecule has 0 radical (unpaired) electrons. The lowest BCUT2D eigenvalue weighted by Gasteiger charge is -2.09. The lowest BCUT2D eigenvalue weighted by molar-refractivity contribution is 0.0991. The summed E-state index contributed by atoms with van der Waals surface area (Å²) in [5.41, 5.74) is 5.08. The Morgan fingerprint density at radius 1 is 1.11 bits per heavy atom. The number of ketones is 2. The molecule has 0 amide bonds. The van der Waals surface area contributed by atoms with Gasteiger partial charge in [0.2, 0.25) is 0 Å². The molecule has 140 valence electrons. The van der Waals surface area contributed by atoms with Crippen LogP contribution in [0.3, 0.4) is 0 Å². The molecule has 4 heteroatoms. The van der Waals surface area contributed by atoms with E-state index in [-0.39, 0.29) is 11.6 Å². The van der Waals surface area contributed by atoms with Crippen LogP contribution in [0.25, 0.3) is 21.8 Å². The van der Waals surface area contributed by atoms with Gasteiger partial charge in [-0.2, -0.15) is 0 Å². The van der Waals surface area contributed by atoms with Crippen molar-refractivity contribution >= 4 is 33.4 Å². The highest BCUT2D eigenvalue weighted by Gasteiger charge is 2.25. The van der Waals surface area contributed by atoms with Crippen LogP contribution in [-0.4, -0.2) is 29.2 Å². The number of nitrogens with one attached hydrogen (secondary N) is 1. The Morgan fingerprint density at radius 3 is 2.70 bits per heavy atom. The summed E-state index contributed by atoms with van der Waals surface area (Å²) in [5.74, 6) is 0.310. The number of aryl methyl sites for hydroxylation is 2. The van der Waals surface area contributed by atoms with Gasteiger partial charge in [0, 0.05) is 45.9 Å². The number of fused-ring (bicyclic) bond motifs is 5. The molecule has 4 rings (SSSR count). The van der Waals surface area contributed by atoms with Crippen LogP contribution in [0.15, 0.2) is 30.3 Å². The first kappa shape index (κ1) is 17.9. The van der Waals surface area contributed by atoms with Gasteiger partial charge in [-0.1, -0.05) is 6.92 Å². The molecule has 0 spiro atoms. The minimum absolute atomic E-state index is 0.0743. The molecule has 0 fully saturated rings. The van der Waals surface area contributed by atoms with E-state index >= 15 is 0 Å². The minimum Gasteiger partial charge on any atom is -0.340 e. The van der Waals surface area contributed by atoms with Crippen molar-refractivity contribution in [3.63, 3.8) is 0 Å². The standard InChI is InChI=1S/C23H26N2O2/c1-3-11-24-12-4-13-25-20-8-5-16(15(2)26)14-19(20)23-18-7-10-22(27)17(18)6-9-21(23)25/h5-6,8-9,14,24H,3-4,7,10-13H2,1-2H3. The molecule has 2 aromatic carbocycles. The Labute approximate surface area is 159 Å². The van der Waals surface area contributed by atoms with Gasteiger partial charge in [0.25, 0.3) is 0 Å². The molecule has 1 heterocycles. The van der Waals surface area contributed by atoms with Crippen LogP contribution in [0.1, 0.15) is 59.4 Å². The topological polar surface area (TPSA) is 51.1 Å². The zero-order chi connectivity index (χ0) is 19.0. The molecule has 27 heavy (non-hydrogen) atoms. The number of hydrogen-bond donors (Lipinski definition) is 1. The minimum atomic E-state index is 0.0743. The van der Waals surface area contributed by atoms with E-state index in [4.69, 9.17) is 0 Å². The molecule has 1 N–H and O–H groups in total. The molecule has 0 unspecified atom stereocenters. The summed E-state index contributed by atoms with van der Waals surface area (Å²) in [5, 5.41) is 5.73. The molecule has 0 saturated heterocycles. The predicted molar refractivity (Wildman–Crippen MR) is 110 cm³/mol. The number of carbonyl (C=O) groups is 2. The SMILES string of the molecule is CCCNCCCn1c2ccc(C(C)=O)cc2c2c3c(ccc21)C(=O)CC3. The summed E-state index contributed by atoms with van der Waals surface area (Å²) in [6.45, 7) is 6.74. The fourth-order valence-electron chi connectivity index (χ4n) is 4.28. The Hall–Kier alpha value is -2.46. The van der Waals surface area contributed by atoms with Crippen molar-refractivity contribution in [2.45, 2.75) is 46.1 Å². The molecular formula is C23H26N2O2. The molecule has 0 atom stereocenters. The summed E-state index contributed by atoms with van der Waals surface area (Å²) in [7, 11) is 0. The largest absolute Gasteiger partial charge is 0.340 e. The van der Waals surface area contributed by atoms with E-state index in [1.54, 1.807) is 6.92 Å². The molecule has 1 aromatic heterocycles. The number of Topliss-reactive ketones (excluding diaryl/α,β-unsaturated/α-hetero) is 2. The maximum absolute atomic E-state index is 12.2. The van der Waals surface area contributed by atoms with E-state index < -0.39 is 0 Å². The highest BCUT2D eigenvalue weighted by atomic mass is 16.1. The maximum atomic E-state index is 12.2. The van der Waals surface area contributed by atoms with Gasteiger partial charge in [0.15, 0.2) is 11.6 Å². The molecule has 3 aromatic rings. The van der Waals surface area contributed by atoms with Gasteiger partial charge in [-0.15, -0.1) is 0 Å². The zero-order valence-electron chi connectivity index (χ0n) is 16.1. The number of rotatable bonds is 7. The Kier molecular flexibility index (Phi) is 4.83. The molecular weight excluding hydrogens is 336 g/mol. The Balaban J connectivity index is 1.86. The summed E-state index contributed by atoms with van der Waals surface area (Å²) < 4.78 is 2.35. The normalized spacial score (nSPS) is 13.6. The van der Waals surface area contributed by atoms with E-state index in [1.807, 2.05) is 18.2 Å². The van der Waals surface area contributed by atoms with Crippen molar-refractivity contribution in [1.29, 1.82) is 0 Å². The smallest absolute Gasteiger partial charge is 0.163 e. The van der Waals surface area contributed by atoms with Crippen molar-refractivity contribution in [2.75, 3.05) is 13.1 Å². The summed E-state index contributed by atoms with van der Waals surface area (Å²) in [6.07, 6.45) is 3.58. The van der Waals surface area contributed by atoms with Gasteiger partial charge in [-0.25, -0.2) is 0 Å². The summed E-state index contributed by atoms with van der Waals surface area (Å²) in [4.78, 5) is 24.2. The molecule has 0 saturated carbocycles. The first-order chi connectivity index (χ1) is 13.1. The van der Waals surface area contributed by atoms with Crippen LogP contribution in [-0.2, 0) is 13.0 Å². The van der Waals surface area contributed by atoms with Gasteiger partial charge in [-0.3, -0.25) is 9.59 Å². The second-order valence-corrected chi connectivity index (χ2v) is 7.45. The highest BCUT2D eigenvalue weighted by molar-refractivity contribution is 6.16. The van der Waals surface area contributed by atoms with Crippen LogP contribution in [0.2, 0.25) is 0 Å². The fraction of sp³-hybridized carbons (Fsp3) is 0.391. The maximum Gasteiger partial charge on any atom is 0.163 e. The Bertz CT molecular complexity index is 1050. The Morgan fingerprint density at radius 2 is 1.93 bits per heavy atom. The van der Waals surface area contributed by atoms with Crippen molar-refractivity contribution < 1.29 is 9.59 Å². The quantitative estimate of drug-likeness (QED) is 0.497. The van der Waals surface area contributed by atoms with Crippen molar-refractivity contribution in [3.8, 4) is 0 Å². The van der Waals surface area contributed by atoms with Gasteiger partial charge in [0.1, 0.15) is 0 Å². The molecule has 0 aliphatic heterocycles.